The Bertz CT molecular complexity index is 570. The van der Waals surface area contributed by atoms with Crippen molar-refractivity contribution in [2.75, 3.05) is 11.5 Å². The van der Waals surface area contributed by atoms with Gasteiger partial charge in [-0.1, -0.05) is 59.7 Å². The number of hydrogen-bond acceptors (Lipinski definition) is 3. The normalized spacial score (nSPS) is 10.4. The monoisotopic (exact) mass is 298 g/mol. The minimum absolute atomic E-state index is 0.0664. The maximum atomic E-state index is 12.0. The molecule has 0 amide bonds. The Morgan fingerprint density at radius 3 is 1.38 bits per heavy atom. The summed E-state index contributed by atoms with van der Waals surface area (Å²) < 4.78 is 0. The minimum Gasteiger partial charge on any atom is -0.293 e. The van der Waals surface area contributed by atoms with Crippen LogP contribution in [0, 0.1) is 13.8 Å². The number of carbonyl (C=O) groups excluding carboxylic acids is 2. The fourth-order valence-electron chi connectivity index (χ4n) is 1.88. The number of Topliss-reactive ketones (excluding diaryl/α,β-unsaturated/α-hetero) is 2. The topological polar surface area (TPSA) is 34.1 Å². The van der Waals surface area contributed by atoms with Crippen LogP contribution < -0.4 is 0 Å². The summed E-state index contributed by atoms with van der Waals surface area (Å²) in [6, 6.07) is 15.0. The zero-order valence-electron chi connectivity index (χ0n) is 12.3. The van der Waals surface area contributed by atoms with E-state index in [-0.39, 0.29) is 11.6 Å². The average molecular weight is 298 g/mol. The highest BCUT2D eigenvalue weighted by Crippen LogP contribution is 2.12. The molecule has 0 spiro atoms. The lowest BCUT2D eigenvalue weighted by atomic mass is 10.1. The third-order valence-corrected chi connectivity index (χ3v) is 4.15. The van der Waals surface area contributed by atoms with Gasteiger partial charge in [-0.25, -0.2) is 0 Å². The fraction of sp³-hybridized carbons (Fsp3) is 0.222. The van der Waals surface area contributed by atoms with Crippen LogP contribution in [0.2, 0.25) is 0 Å². The number of hydrogen-bond donors (Lipinski definition) is 0. The van der Waals surface area contributed by atoms with E-state index >= 15 is 0 Å². The highest BCUT2D eigenvalue weighted by molar-refractivity contribution is 8.00. The van der Waals surface area contributed by atoms with E-state index in [0.717, 1.165) is 11.1 Å². The van der Waals surface area contributed by atoms with E-state index in [4.69, 9.17) is 0 Å². The summed E-state index contributed by atoms with van der Waals surface area (Å²) >= 11 is 1.37. The van der Waals surface area contributed by atoms with Crippen molar-refractivity contribution in [2.24, 2.45) is 0 Å². The molecule has 0 saturated heterocycles. The van der Waals surface area contributed by atoms with Crippen molar-refractivity contribution in [3.05, 3.63) is 70.8 Å². The molecule has 0 N–H and O–H groups in total. The molecule has 21 heavy (non-hydrogen) atoms. The number of benzene rings is 2. The summed E-state index contributed by atoms with van der Waals surface area (Å²) in [6.07, 6.45) is 0. The summed E-state index contributed by atoms with van der Waals surface area (Å²) in [7, 11) is 0. The molecule has 0 aliphatic heterocycles. The average Bonchev–Trinajstić information content (AvgIpc) is 2.48. The van der Waals surface area contributed by atoms with E-state index in [1.165, 1.54) is 11.8 Å². The molecular weight excluding hydrogens is 280 g/mol. The van der Waals surface area contributed by atoms with Crippen LogP contribution in [0.5, 0.6) is 0 Å². The number of aryl methyl sites for hydroxylation is 2. The van der Waals surface area contributed by atoms with Gasteiger partial charge in [0, 0.05) is 11.1 Å². The smallest absolute Gasteiger partial charge is 0.172 e. The third kappa shape index (κ3) is 4.57. The van der Waals surface area contributed by atoms with Crippen molar-refractivity contribution >= 4 is 23.3 Å². The summed E-state index contributed by atoms with van der Waals surface area (Å²) in [6.45, 7) is 3.98. The predicted octanol–water partition coefficient (Wildman–Crippen LogP) is 4.10. The van der Waals surface area contributed by atoms with Crippen molar-refractivity contribution in [3.8, 4) is 0 Å². The van der Waals surface area contributed by atoms with Gasteiger partial charge in [0.25, 0.3) is 0 Å². The van der Waals surface area contributed by atoms with Gasteiger partial charge in [-0.05, 0) is 13.8 Å². The Kier molecular flexibility index (Phi) is 5.34. The number of rotatable bonds is 6. The highest BCUT2D eigenvalue weighted by atomic mass is 32.2. The van der Waals surface area contributed by atoms with Crippen LogP contribution in [0.3, 0.4) is 0 Å². The molecule has 0 aliphatic carbocycles. The van der Waals surface area contributed by atoms with Crippen LogP contribution in [0.4, 0.5) is 0 Å². The van der Waals surface area contributed by atoms with Crippen LogP contribution in [-0.2, 0) is 0 Å². The lowest BCUT2D eigenvalue weighted by molar-refractivity contribution is 0.102. The maximum absolute atomic E-state index is 12.0. The zero-order chi connectivity index (χ0) is 15.2. The van der Waals surface area contributed by atoms with Gasteiger partial charge in [-0.3, -0.25) is 9.59 Å². The Labute approximate surface area is 129 Å². The highest BCUT2D eigenvalue weighted by Gasteiger charge is 2.09. The Balaban J connectivity index is 1.83. The molecule has 0 aliphatic rings. The number of ketones is 2. The molecule has 0 saturated carbocycles. The molecule has 2 rings (SSSR count). The molecule has 2 aromatic rings. The van der Waals surface area contributed by atoms with Crippen LogP contribution >= 0.6 is 11.8 Å². The summed E-state index contributed by atoms with van der Waals surface area (Å²) in [5.74, 6) is 0.801. The summed E-state index contributed by atoms with van der Waals surface area (Å²) in [5.41, 5.74) is 3.68. The van der Waals surface area contributed by atoms with Crippen molar-refractivity contribution < 1.29 is 9.59 Å². The second kappa shape index (κ2) is 7.23. The predicted molar refractivity (Wildman–Crippen MR) is 88.3 cm³/mol. The molecule has 0 fully saturated rings. The molecular formula is C18H18O2S. The number of carbonyl (C=O) groups is 2. The van der Waals surface area contributed by atoms with Gasteiger partial charge < -0.3 is 0 Å². The molecule has 2 aromatic carbocycles. The molecule has 2 nitrogen and oxygen atoms in total. The van der Waals surface area contributed by atoms with Gasteiger partial charge in [0.2, 0.25) is 0 Å². The Hall–Kier alpha value is -1.87. The molecule has 0 unspecified atom stereocenters. The minimum atomic E-state index is 0.0664. The largest absolute Gasteiger partial charge is 0.293 e. The maximum Gasteiger partial charge on any atom is 0.172 e. The Morgan fingerprint density at radius 1 is 0.714 bits per heavy atom. The standard InChI is InChI=1S/C18H18O2S/c1-13-3-7-15(8-4-13)17(19)11-21-12-18(20)16-9-5-14(2)6-10-16/h3-10H,11-12H2,1-2H3. The second-order valence-electron chi connectivity index (χ2n) is 5.07. The summed E-state index contributed by atoms with van der Waals surface area (Å²) in [4.78, 5) is 24.0. The lowest BCUT2D eigenvalue weighted by Gasteiger charge is -2.03. The van der Waals surface area contributed by atoms with Crippen LogP contribution in [0.25, 0.3) is 0 Å². The quantitative estimate of drug-likeness (QED) is 0.753. The SMILES string of the molecule is Cc1ccc(C(=O)CSCC(=O)c2ccc(C)cc2)cc1. The Morgan fingerprint density at radius 2 is 1.05 bits per heavy atom. The van der Waals surface area contributed by atoms with Crippen LogP contribution in [0.1, 0.15) is 31.8 Å². The summed E-state index contributed by atoms with van der Waals surface area (Å²) in [5, 5.41) is 0. The molecule has 0 bridgehead atoms. The zero-order valence-corrected chi connectivity index (χ0v) is 13.1. The van der Waals surface area contributed by atoms with Gasteiger partial charge >= 0.3 is 0 Å². The molecule has 0 radical (unpaired) electrons. The van der Waals surface area contributed by atoms with Gasteiger partial charge in [0.1, 0.15) is 0 Å². The van der Waals surface area contributed by atoms with E-state index in [0.29, 0.717) is 22.6 Å². The van der Waals surface area contributed by atoms with E-state index < -0.39 is 0 Å². The first-order chi connectivity index (χ1) is 10.1. The first-order valence-corrected chi connectivity index (χ1v) is 7.99. The molecule has 0 heterocycles. The molecule has 0 aromatic heterocycles. The van der Waals surface area contributed by atoms with E-state index in [1.54, 1.807) is 0 Å². The van der Waals surface area contributed by atoms with E-state index in [9.17, 15) is 9.59 Å². The lowest BCUT2D eigenvalue weighted by Crippen LogP contribution is -2.07. The van der Waals surface area contributed by atoms with Crippen LogP contribution in [-0.4, -0.2) is 23.1 Å². The van der Waals surface area contributed by atoms with Gasteiger partial charge in [0.05, 0.1) is 11.5 Å². The van der Waals surface area contributed by atoms with Gasteiger partial charge in [-0.2, -0.15) is 0 Å². The van der Waals surface area contributed by atoms with Crippen LogP contribution in [0.15, 0.2) is 48.5 Å². The van der Waals surface area contributed by atoms with Crippen molar-refractivity contribution in [1.29, 1.82) is 0 Å². The molecule has 0 atom stereocenters. The van der Waals surface area contributed by atoms with E-state index in [1.807, 2.05) is 62.4 Å². The molecule has 108 valence electrons. The fourth-order valence-corrected chi connectivity index (χ4v) is 2.69. The van der Waals surface area contributed by atoms with Crippen molar-refractivity contribution in [3.63, 3.8) is 0 Å². The van der Waals surface area contributed by atoms with Gasteiger partial charge in [-0.15, -0.1) is 11.8 Å². The third-order valence-electron chi connectivity index (χ3n) is 3.21. The van der Waals surface area contributed by atoms with Crippen molar-refractivity contribution in [1.82, 2.24) is 0 Å². The van der Waals surface area contributed by atoms with E-state index in [2.05, 4.69) is 0 Å². The first-order valence-electron chi connectivity index (χ1n) is 6.84. The second-order valence-corrected chi connectivity index (χ2v) is 6.06. The number of thioether (sulfide) groups is 1. The van der Waals surface area contributed by atoms with Gasteiger partial charge in [0.15, 0.2) is 11.6 Å². The first kappa shape index (κ1) is 15.5. The molecule has 3 heteroatoms. The van der Waals surface area contributed by atoms with Crippen molar-refractivity contribution in [2.45, 2.75) is 13.8 Å².